The quantitative estimate of drug-likeness (QED) is 0.899. The predicted octanol–water partition coefficient (Wildman–Crippen LogP) is 2.54. The standard InChI is InChI=1S/C12H16Cl2N2O2S.ClH/c1-16(12-2-3-15-7-12)19(17,18)8-9-4-10(13)6-11(14)5-9;/h4-6,12,15H,2-3,7-8H2,1H3;1H. The average Bonchev–Trinajstić information content (AvgIpc) is 2.78. The highest BCUT2D eigenvalue weighted by atomic mass is 35.5. The number of halogens is 3. The van der Waals surface area contributed by atoms with E-state index in [-0.39, 0.29) is 24.2 Å². The molecule has 1 saturated heterocycles. The lowest BCUT2D eigenvalue weighted by molar-refractivity contribution is 0.387. The first-order valence-electron chi connectivity index (χ1n) is 6.00. The number of sulfonamides is 1. The van der Waals surface area contributed by atoms with Crippen molar-refractivity contribution in [3.8, 4) is 0 Å². The molecule has 1 unspecified atom stereocenters. The van der Waals surface area contributed by atoms with Crippen molar-refractivity contribution in [2.24, 2.45) is 0 Å². The maximum Gasteiger partial charge on any atom is 0.218 e. The van der Waals surface area contributed by atoms with Gasteiger partial charge in [-0.15, -0.1) is 12.4 Å². The van der Waals surface area contributed by atoms with Gasteiger partial charge in [0.25, 0.3) is 0 Å². The summed E-state index contributed by atoms with van der Waals surface area (Å²) in [5.74, 6) is -0.0831. The van der Waals surface area contributed by atoms with Crippen LogP contribution < -0.4 is 5.32 Å². The van der Waals surface area contributed by atoms with Crippen molar-refractivity contribution in [3.05, 3.63) is 33.8 Å². The molecular weight excluding hydrogens is 343 g/mol. The van der Waals surface area contributed by atoms with Gasteiger partial charge in [0, 0.05) is 29.7 Å². The van der Waals surface area contributed by atoms with Gasteiger partial charge >= 0.3 is 0 Å². The van der Waals surface area contributed by atoms with Gasteiger partial charge in [-0.3, -0.25) is 0 Å². The van der Waals surface area contributed by atoms with Crippen LogP contribution in [0.1, 0.15) is 12.0 Å². The van der Waals surface area contributed by atoms with Gasteiger partial charge in [0.1, 0.15) is 0 Å². The minimum atomic E-state index is -3.35. The van der Waals surface area contributed by atoms with Gasteiger partial charge in [-0.05, 0) is 36.7 Å². The number of likely N-dealkylation sites (N-methyl/N-ethyl adjacent to an activating group) is 1. The van der Waals surface area contributed by atoms with Crippen molar-refractivity contribution in [1.82, 2.24) is 9.62 Å². The molecule has 0 amide bonds. The Hall–Kier alpha value is -0.0400. The highest BCUT2D eigenvalue weighted by molar-refractivity contribution is 7.88. The molecule has 114 valence electrons. The smallest absolute Gasteiger partial charge is 0.218 e. The Balaban J connectivity index is 0.00000200. The number of benzene rings is 1. The zero-order valence-corrected chi connectivity index (χ0v) is 14.1. The van der Waals surface area contributed by atoms with E-state index in [4.69, 9.17) is 23.2 Å². The molecule has 20 heavy (non-hydrogen) atoms. The summed E-state index contributed by atoms with van der Waals surface area (Å²) in [5.41, 5.74) is 0.607. The average molecular weight is 360 g/mol. The van der Waals surface area contributed by atoms with E-state index >= 15 is 0 Å². The van der Waals surface area contributed by atoms with Crippen molar-refractivity contribution in [3.63, 3.8) is 0 Å². The molecule has 4 nitrogen and oxygen atoms in total. The van der Waals surface area contributed by atoms with Crippen LogP contribution in [-0.2, 0) is 15.8 Å². The summed E-state index contributed by atoms with van der Waals surface area (Å²) >= 11 is 11.8. The van der Waals surface area contributed by atoms with E-state index in [1.54, 1.807) is 25.2 Å². The third-order valence-corrected chi connectivity index (χ3v) is 5.57. The molecule has 1 aromatic carbocycles. The van der Waals surface area contributed by atoms with Crippen LogP contribution in [0, 0.1) is 0 Å². The van der Waals surface area contributed by atoms with Gasteiger partial charge in [0.05, 0.1) is 5.75 Å². The number of nitrogens with zero attached hydrogens (tertiary/aromatic N) is 1. The van der Waals surface area contributed by atoms with Crippen molar-refractivity contribution in [1.29, 1.82) is 0 Å². The number of hydrogen-bond acceptors (Lipinski definition) is 3. The minimum Gasteiger partial charge on any atom is -0.315 e. The zero-order valence-electron chi connectivity index (χ0n) is 11.0. The van der Waals surface area contributed by atoms with Gasteiger partial charge in [-0.2, -0.15) is 0 Å². The van der Waals surface area contributed by atoms with Crippen LogP contribution in [0.25, 0.3) is 0 Å². The molecule has 0 saturated carbocycles. The van der Waals surface area contributed by atoms with Gasteiger partial charge < -0.3 is 5.32 Å². The molecule has 0 aromatic heterocycles. The van der Waals surface area contributed by atoms with Gasteiger partial charge in [0.2, 0.25) is 10.0 Å². The van der Waals surface area contributed by atoms with Crippen LogP contribution in [0.2, 0.25) is 10.0 Å². The Morgan fingerprint density at radius 2 is 1.90 bits per heavy atom. The normalized spacial score (nSPS) is 19.1. The second-order valence-corrected chi connectivity index (χ2v) is 7.60. The molecule has 1 fully saturated rings. The zero-order chi connectivity index (χ0) is 14.0. The molecule has 2 rings (SSSR count). The third kappa shape index (κ3) is 4.48. The Kier molecular flexibility index (Phi) is 6.57. The van der Waals surface area contributed by atoms with Gasteiger partial charge in [-0.25, -0.2) is 12.7 Å². The van der Waals surface area contributed by atoms with Crippen LogP contribution in [0.3, 0.4) is 0 Å². The van der Waals surface area contributed by atoms with Crippen LogP contribution in [0.4, 0.5) is 0 Å². The molecule has 0 bridgehead atoms. The second kappa shape index (κ2) is 7.29. The van der Waals surface area contributed by atoms with Gasteiger partial charge in [-0.1, -0.05) is 23.2 Å². The first kappa shape index (κ1) is 18.0. The van der Waals surface area contributed by atoms with Gasteiger partial charge in [0.15, 0.2) is 0 Å². The van der Waals surface area contributed by atoms with E-state index in [2.05, 4.69) is 5.32 Å². The molecule has 1 atom stereocenters. The molecule has 0 spiro atoms. The van der Waals surface area contributed by atoms with Crippen LogP contribution in [-0.4, -0.2) is 38.9 Å². The highest BCUT2D eigenvalue weighted by Gasteiger charge is 2.28. The second-order valence-electron chi connectivity index (χ2n) is 4.70. The number of hydrogen-bond donors (Lipinski definition) is 1. The van der Waals surface area contributed by atoms with E-state index in [9.17, 15) is 8.42 Å². The summed E-state index contributed by atoms with van der Waals surface area (Å²) in [5, 5.41) is 4.05. The molecule has 0 aliphatic carbocycles. The summed E-state index contributed by atoms with van der Waals surface area (Å²) in [6, 6.07) is 4.88. The number of rotatable bonds is 4. The summed E-state index contributed by atoms with van der Waals surface area (Å²) in [4.78, 5) is 0. The fraction of sp³-hybridized carbons (Fsp3) is 0.500. The van der Waals surface area contributed by atoms with E-state index in [0.29, 0.717) is 22.2 Å². The Bertz CT molecular complexity index is 540. The summed E-state index contributed by atoms with van der Waals surface area (Å²) in [7, 11) is -1.73. The van der Waals surface area contributed by atoms with Crippen LogP contribution in [0.15, 0.2) is 18.2 Å². The third-order valence-electron chi connectivity index (χ3n) is 3.26. The molecule has 8 heteroatoms. The fourth-order valence-corrected chi connectivity index (χ4v) is 4.18. The topological polar surface area (TPSA) is 49.4 Å². The van der Waals surface area contributed by atoms with E-state index < -0.39 is 10.0 Å². The fourth-order valence-electron chi connectivity index (χ4n) is 2.18. The molecule has 1 heterocycles. The molecule has 1 aliphatic heterocycles. The van der Waals surface area contributed by atoms with E-state index in [0.717, 1.165) is 13.0 Å². The first-order chi connectivity index (χ1) is 8.88. The molecule has 1 N–H and O–H groups in total. The molecule has 1 aromatic rings. The summed E-state index contributed by atoms with van der Waals surface area (Å²) < 4.78 is 26.1. The Morgan fingerprint density at radius 1 is 1.30 bits per heavy atom. The van der Waals surface area contributed by atoms with E-state index in [1.165, 1.54) is 4.31 Å². The first-order valence-corrected chi connectivity index (χ1v) is 8.36. The maximum absolute atomic E-state index is 12.3. The largest absolute Gasteiger partial charge is 0.315 e. The molecule has 1 aliphatic rings. The SMILES string of the molecule is CN(C1CCNC1)S(=O)(=O)Cc1cc(Cl)cc(Cl)c1.Cl. The lowest BCUT2D eigenvalue weighted by Gasteiger charge is -2.23. The maximum atomic E-state index is 12.3. The summed E-state index contributed by atoms with van der Waals surface area (Å²) in [6.45, 7) is 1.56. The monoisotopic (exact) mass is 358 g/mol. The molecule has 0 radical (unpaired) electrons. The predicted molar refractivity (Wildman–Crippen MR) is 85.4 cm³/mol. The lowest BCUT2D eigenvalue weighted by atomic mass is 10.2. The highest BCUT2D eigenvalue weighted by Crippen LogP contribution is 2.22. The Morgan fingerprint density at radius 3 is 2.40 bits per heavy atom. The van der Waals surface area contributed by atoms with E-state index in [1.807, 2.05) is 0 Å². The van der Waals surface area contributed by atoms with Crippen molar-refractivity contribution in [2.75, 3.05) is 20.1 Å². The number of nitrogens with one attached hydrogen (secondary N) is 1. The van der Waals surface area contributed by atoms with Crippen molar-refractivity contribution < 1.29 is 8.42 Å². The van der Waals surface area contributed by atoms with Crippen molar-refractivity contribution >= 4 is 45.6 Å². The summed E-state index contributed by atoms with van der Waals surface area (Å²) in [6.07, 6.45) is 0.839. The lowest BCUT2D eigenvalue weighted by Crippen LogP contribution is -2.39. The van der Waals surface area contributed by atoms with Crippen molar-refractivity contribution in [2.45, 2.75) is 18.2 Å². The van der Waals surface area contributed by atoms with Crippen LogP contribution >= 0.6 is 35.6 Å². The van der Waals surface area contributed by atoms with Crippen LogP contribution in [0.5, 0.6) is 0 Å². The molecular formula is C12H17Cl3N2O2S. The Labute approximate surface area is 135 Å². The minimum absolute atomic E-state index is 0.